The molecule has 1 unspecified atom stereocenters. The number of carbonyl (C=O) groups excluding carboxylic acids is 2. The van der Waals surface area contributed by atoms with Gasteiger partial charge in [-0.05, 0) is 55.9 Å². The number of thioether (sulfide) groups is 1. The summed E-state index contributed by atoms with van der Waals surface area (Å²) in [6.07, 6.45) is 21.5. The molecule has 0 fully saturated rings. The molecule has 0 saturated heterocycles. The molecule has 0 saturated carbocycles. The molecule has 38 heavy (non-hydrogen) atoms. The van der Waals surface area contributed by atoms with Gasteiger partial charge in [0.15, 0.2) is 0 Å². The van der Waals surface area contributed by atoms with E-state index in [1.807, 2.05) is 16.9 Å². The summed E-state index contributed by atoms with van der Waals surface area (Å²) in [4.78, 5) is 29.5. The summed E-state index contributed by atoms with van der Waals surface area (Å²) in [5, 5.41) is 16.3. The lowest BCUT2D eigenvalue weighted by molar-refractivity contribution is -0.116. The van der Waals surface area contributed by atoms with Crippen molar-refractivity contribution in [2.45, 2.75) is 103 Å². The number of aliphatic hydroxyl groups is 1. The third-order valence-corrected chi connectivity index (χ3v) is 7.41. The van der Waals surface area contributed by atoms with Crippen LogP contribution in [0.3, 0.4) is 0 Å². The van der Waals surface area contributed by atoms with E-state index < -0.39 is 0 Å². The zero-order valence-electron chi connectivity index (χ0n) is 23.4. The van der Waals surface area contributed by atoms with Crippen LogP contribution < -0.4 is 10.6 Å². The zero-order chi connectivity index (χ0) is 27.4. The van der Waals surface area contributed by atoms with Crippen LogP contribution in [-0.4, -0.2) is 51.1 Å². The predicted octanol–water partition coefficient (Wildman–Crippen LogP) is 6.75. The lowest BCUT2D eigenvalue weighted by Gasteiger charge is -2.14. The van der Waals surface area contributed by atoms with Gasteiger partial charge in [0, 0.05) is 30.9 Å². The lowest BCUT2D eigenvalue weighted by Crippen LogP contribution is -2.25. The molecule has 0 bridgehead atoms. The van der Waals surface area contributed by atoms with Crippen molar-refractivity contribution < 1.29 is 14.7 Å². The van der Waals surface area contributed by atoms with E-state index in [0.29, 0.717) is 37.1 Å². The first-order chi connectivity index (χ1) is 18.5. The Morgan fingerprint density at radius 3 is 2.39 bits per heavy atom. The number of amides is 2. The first-order valence-electron chi connectivity index (χ1n) is 14.4. The molecule has 0 spiro atoms. The molecule has 3 N–H and O–H groups in total. The molecule has 0 aliphatic heterocycles. The van der Waals surface area contributed by atoms with Gasteiger partial charge in [0.25, 0.3) is 5.91 Å². The second-order valence-corrected chi connectivity index (χ2v) is 11.0. The van der Waals surface area contributed by atoms with Gasteiger partial charge >= 0.3 is 0 Å². The van der Waals surface area contributed by atoms with Crippen molar-refractivity contribution in [1.82, 2.24) is 14.9 Å². The third kappa shape index (κ3) is 13.0. The Morgan fingerprint density at radius 1 is 1.00 bits per heavy atom. The maximum Gasteiger partial charge on any atom is 0.251 e. The highest BCUT2D eigenvalue weighted by atomic mass is 32.2. The smallest absolute Gasteiger partial charge is 0.251 e. The van der Waals surface area contributed by atoms with Crippen LogP contribution in [0.1, 0.15) is 107 Å². The number of carbonyl (C=O) groups is 2. The average Bonchev–Trinajstić information content (AvgIpc) is 3.45. The summed E-state index contributed by atoms with van der Waals surface area (Å²) in [6.45, 7) is 2.86. The van der Waals surface area contributed by atoms with Gasteiger partial charge in [0.2, 0.25) is 5.91 Å². The Bertz CT molecular complexity index is 920. The van der Waals surface area contributed by atoms with Crippen LogP contribution in [0.2, 0.25) is 0 Å². The summed E-state index contributed by atoms with van der Waals surface area (Å²) < 4.78 is 1.81. The molecule has 2 aromatic rings. The molecule has 212 valence electrons. The molecular weight excluding hydrogens is 496 g/mol. The van der Waals surface area contributed by atoms with E-state index in [4.69, 9.17) is 0 Å². The highest BCUT2D eigenvalue weighted by Gasteiger charge is 2.14. The fraction of sp³-hybridized carbons (Fsp3) is 0.633. The summed E-state index contributed by atoms with van der Waals surface area (Å²) in [7, 11) is 0. The molecule has 2 rings (SSSR count). The summed E-state index contributed by atoms with van der Waals surface area (Å²) in [5.74, 6) is 0.715. The van der Waals surface area contributed by atoms with Crippen molar-refractivity contribution in [3.63, 3.8) is 0 Å². The lowest BCUT2D eigenvalue weighted by atomic mass is 10.0. The van der Waals surface area contributed by atoms with Gasteiger partial charge < -0.3 is 20.3 Å². The fourth-order valence-electron chi connectivity index (χ4n) is 4.47. The van der Waals surface area contributed by atoms with Crippen molar-refractivity contribution >= 4 is 29.3 Å². The second-order valence-electron chi connectivity index (χ2n) is 10.0. The molecule has 7 nitrogen and oxygen atoms in total. The number of hydrogen-bond donors (Lipinski definition) is 3. The van der Waals surface area contributed by atoms with Crippen molar-refractivity contribution in [3.05, 3.63) is 42.5 Å². The first kappa shape index (κ1) is 31.9. The van der Waals surface area contributed by atoms with E-state index in [2.05, 4.69) is 22.5 Å². The van der Waals surface area contributed by atoms with Crippen LogP contribution in [0.25, 0.3) is 5.69 Å². The van der Waals surface area contributed by atoms with Crippen LogP contribution in [-0.2, 0) is 4.79 Å². The number of nitrogens with zero attached hydrogens (tertiary/aromatic N) is 2. The van der Waals surface area contributed by atoms with E-state index in [1.54, 1.807) is 42.6 Å². The minimum Gasteiger partial charge on any atom is -0.393 e. The zero-order valence-corrected chi connectivity index (χ0v) is 24.2. The molecule has 8 heteroatoms. The highest BCUT2D eigenvalue weighted by molar-refractivity contribution is 7.98. The first-order valence-corrected chi connectivity index (χ1v) is 15.8. The quantitative estimate of drug-likeness (QED) is 0.151. The summed E-state index contributed by atoms with van der Waals surface area (Å²) in [6, 6.07) is 5.30. The summed E-state index contributed by atoms with van der Waals surface area (Å²) >= 11 is 1.75. The minimum atomic E-state index is -0.355. The maximum atomic E-state index is 12.7. The Hall–Kier alpha value is -2.32. The topological polar surface area (TPSA) is 96.3 Å². The van der Waals surface area contributed by atoms with Crippen molar-refractivity contribution in [3.8, 4) is 5.69 Å². The van der Waals surface area contributed by atoms with E-state index >= 15 is 0 Å². The van der Waals surface area contributed by atoms with E-state index in [-0.39, 0.29) is 17.9 Å². The minimum absolute atomic E-state index is 0.126. The van der Waals surface area contributed by atoms with Gasteiger partial charge in [0.05, 0.1) is 23.8 Å². The number of aliphatic hydroxyl groups excluding tert-OH is 1. The number of unbranched alkanes of at least 4 members (excludes halogenated alkanes) is 8. The van der Waals surface area contributed by atoms with Crippen molar-refractivity contribution in [1.29, 1.82) is 0 Å². The number of benzene rings is 1. The largest absolute Gasteiger partial charge is 0.393 e. The predicted molar refractivity (Wildman–Crippen MR) is 159 cm³/mol. The number of nitrogens with one attached hydrogen (secondary N) is 2. The van der Waals surface area contributed by atoms with E-state index in [0.717, 1.165) is 30.7 Å². The van der Waals surface area contributed by atoms with Crippen LogP contribution in [0.15, 0.2) is 36.9 Å². The van der Waals surface area contributed by atoms with Gasteiger partial charge in [0.1, 0.15) is 0 Å². The maximum absolute atomic E-state index is 12.7. The van der Waals surface area contributed by atoms with Crippen LogP contribution in [0, 0.1) is 0 Å². The number of hydrogen-bond acceptors (Lipinski definition) is 5. The number of aromatic nitrogens is 2. The Labute approximate surface area is 233 Å². The van der Waals surface area contributed by atoms with E-state index in [9.17, 15) is 14.7 Å². The van der Waals surface area contributed by atoms with Crippen LogP contribution >= 0.6 is 11.8 Å². The molecule has 0 aliphatic rings. The molecule has 1 heterocycles. The van der Waals surface area contributed by atoms with Gasteiger partial charge in [-0.1, -0.05) is 64.7 Å². The van der Waals surface area contributed by atoms with Gasteiger partial charge in [-0.3, -0.25) is 9.59 Å². The Balaban J connectivity index is 1.76. The van der Waals surface area contributed by atoms with Gasteiger partial charge in [-0.15, -0.1) is 0 Å². The number of rotatable bonds is 21. The van der Waals surface area contributed by atoms with Crippen LogP contribution in [0.5, 0.6) is 0 Å². The average molecular weight is 545 g/mol. The SMILES string of the molecule is CCCCCCCCCCCC(O)CCCC(=O)Nc1cc(C(=O)NCCCSC)ccc1-n1ccnc1. The molecule has 0 aliphatic carbocycles. The summed E-state index contributed by atoms with van der Waals surface area (Å²) in [5.41, 5.74) is 1.82. The highest BCUT2D eigenvalue weighted by Crippen LogP contribution is 2.23. The molecule has 2 amide bonds. The fourth-order valence-corrected chi connectivity index (χ4v) is 4.90. The monoisotopic (exact) mass is 544 g/mol. The van der Waals surface area contributed by atoms with Gasteiger partial charge in [-0.2, -0.15) is 11.8 Å². The van der Waals surface area contributed by atoms with Crippen molar-refractivity contribution in [2.24, 2.45) is 0 Å². The van der Waals surface area contributed by atoms with Crippen molar-refractivity contribution in [2.75, 3.05) is 23.9 Å². The molecule has 1 atom stereocenters. The molecular formula is C30H48N4O3S. The Morgan fingerprint density at radius 2 is 1.71 bits per heavy atom. The Kier molecular flexibility index (Phi) is 16.5. The number of imidazole rings is 1. The number of anilines is 1. The standard InChI is InChI=1S/C30H48N4O3S/c1-3-4-5-6-7-8-9-10-11-14-26(35)15-12-16-29(36)33-27-23-25(30(37)32-19-13-22-38-2)17-18-28(27)34-21-20-31-24-34/h17-18,20-21,23-24,26,35H,3-16,19,22H2,1-2H3,(H,32,37)(H,33,36). The second kappa shape index (κ2) is 19.7. The van der Waals surface area contributed by atoms with Crippen LogP contribution in [0.4, 0.5) is 5.69 Å². The third-order valence-electron chi connectivity index (χ3n) is 6.71. The normalized spacial score (nSPS) is 11.9. The van der Waals surface area contributed by atoms with Gasteiger partial charge in [-0.25, -0.2) is 4.98 Å². The van der Waals surface area contributed by atoms with E-state index in [1.165, 1.54) is 51.4 Å². The molecule has 0 radical (unpaired) electrons. The molecule has 1 aromatic carbocycles. The molecule has 1 aromatic heterocycles.